The molecule has 3 heteroatoms. The van der Waals surface area contributed by atoms with Gasteiger partial charge < -0.3 is 5.32 Å². The van der Waals surface area contributed by atoms with E-state index in [0.29, 0.717) is 0 Å². The van der Waals surface area contributed by atoms with Crippen molar-refractivity contribution in [3.05, 3.63) is 29.0 Å². The van der Waals surface area contributed by atoms with Crippen LogP contribution in [-0.2, 0) is 26.3 Å². The molecular weight excluding hydrogens is 210 g/mol. The SMILES string of the molecule is CCc1nn(C)c2cc3c(cc12)CCNCC3. The summed E-state index contributed by atoms with van der Waals surface area (Å²) in [4.78, 5) is 0. The predicted molar refractivity (Wildman–Crippen MR) is 70.4 cm³/mol. The van der Waals surface area contributed by atoms with Gasteiger partial charge >= 0.3 is 0 Å². The second-order valence-electron chi connectivity index (χ2n) is 4.81. The molecule has 0 radical (unpaired) electrons. The van der Waals surface area contributed by atoms with E-state index in [9.17, 15) is 0 Å². The Morgan fingerprint density at radius 3 is 2.65 bits per heavy atom. The summed E-state index contributed by atoms with van der Waals surface area (Å²) in [6.07, 6.45) is 3.29. The van der Waals surface area contributed by atoms with E-state index in [-0.39, 0.29) is 0 Å². The third kappa shape index (κ3) is 1.75. The summed E-state index contributed by atoms with van der Waals surface area (Å²) in [5.74, 6) is 0. The zero-order chi connectivity index (χ0) is 11.8. The maximum absolute atomic E-state index is 4.60. The second kappa shape index (κ2) is 4.15. The summed E-state index contributed by atoms with van der Waals surface area (Å²) in [6, 6.07) is 4.70. The van der Waals surface area contributed by atoms with Crippen molar-refractivity contribution in [3.8, 4) is 0 Å². The summed E-state index contributed by atoms with van der Waals surface area (Å²) in [5.41, 5.74) is 5.50. The van der Waals surface area contributed by atoms with Gasteiger partial charge in [-0.25, -0.2) is 0 Å². The Labute approximate surface area is 102 Å². The highest BCUT2D eigenvalue weighted by Crippen LogP contribution is 2.24. The number of nitrogens with one attached hydrogen (secondary N) is 1. The number of hydrogen-bond donors (Lipinski definition) is 1. The van der Waals surface area contributed by atoms with Crippen LogP contribution in [0.1, 0.15) is 23.7 Å². The van der Waals surface area contributed by atoms with Crippen molar-refractivity contribution in [2.45, 2.75) is 26.2 Å². The standard InChI is InChI=1S/C14H19N3/c1-3-13-12-8-10-4-6-15-7-5-11(10)9-14(12)17(2)16-13/h8-9,15H,3-7H2,1-2H3. The fraction of sp³-hybridized carbons (Fsp3) is 0.500. The molecule has 1 aliphatic heterocycles. The van der Waals surface area contributed by atoms with Gasteiger partial charge in [0.2, 0.25) is 0 Å². The molecule has 1 aromatic carbocycles. The number of aromatic nitrogens is 2. The van der Waals surface area contributed by atoms with Crippen LogP contribution in [0.25, 0.3) is 10.9 Å². The summed E-state index contributed by atoms with van der Waals surface area (Å²) in [7, 11) is 2.04. The Hall–Kier alpha value is -1.35. The number of benzene rings is 1. The zero-order valence-electron chi connectivity index (χ0n) is 10.6. The molecule has 3 rings (SSSR count). The van der Waals surface area contributed by atoms with Gasteiger partial charge in [0.05, 0.1) is 11.2 Å². The summed E-state index contributed by atoms with van der Waals surface area (Å²) in [5, 5.41) is 9.41. The lowest BCUT2D eigenvalue weighted by atomic mass is 9.99. The lowest BCUT2D eigenvalue weighted by molar-refractivity contribution is 0.711. The van der Waals surface area contributed by atoms with Crippen molar-refractivity contribution in [1.82, 2.24) is 15.1 Å². The molecule has 3 nitrogen and oxygen atoms in total. The Kier molecular flexibility index (Phi) is 2.63. The van der Waals surface area contributed by atoms with Gasteiger partial charge in [-0.2, -0.15) is 5.10 Å². The van der Waals surface area contributed by atoms with Crippen LogP contribution in [0.2, 0.25) is 0 Å². The monoisotopic (exact) mass is 229 g/mol. The van der Waals surface area contributed by atoms with Crippen LogP contribution in [0, 0.1) is 0 Å². The molecule has 0 atom stereocenters. The van der Waals surface area contributed by atoms with E-state index in [0.717, 1.165) is 32.4 Å². The molecule has 90 valence electrons. The fourth-order valence-electron chi connectivity index (χ4n) is 2.76. The summed E-state index contributed by atoms with van der Waals surface area (Å²) >= 11 is 0. The van der Waals surface area contributed by atoms with Crippen LogP contribution in [0.5, 0.6) is 0 Å². The van der Waals surface area contributed by atoms with Gasteiger partial charge in [-0.15, -0.1) is 0 Å². The molecule has 1 N–H and O–H groups in total. The van der Waals surface area contributed by atoms with Crippen LogP contribution >= 0.6 is 0 Å². The molecular formula is C14H19N3. The molecule has 0 amide bonds. The lowest BCUT2D eigenvalue weighted by Gasteiger charge is -2.06. The maximum Gasteiger partial charge on any atom is 0.0700 e. The van der Waals surface area contributed by atoms with E-state index in [1.807, 2.05) is 11.7 Å². The van der Waals surface area contributed by atoms with Gasteiger partial charge in [0, 0.05) is 12.4 Å². The number of aryl methyl sites for hydroxylation is 2. The van der Waals surface area contributed by atoms with E-state index in [1.165, 1.54) is 27.7 Å². The number of nitrogens with zero attached hydrogens (tertiary/aromatic N) is 2. The third-order valence-electron chi connectivity index (χ3n) is 3.73. The summed E-state index contributed by atoms with van der Waals surface area (Å²) in [6.45, 7) is 4.37. The van der Waals surface area contributed by atoms with Gasteiger partial charge in [0.1, 0.15) is 0 Å². The van der Waals surface area contributed by atoms with Crippen molar-refractivity contribution in [2.24, 2.45) is 7.05 Å². The zero-order valence-corrected chi connectivity index (χ0v) is 10.6. The molecule has 1 aromatic heterocycles. The predicted octanol–water partition coefficient (Wildman–Crippen LogP) is 1.82. The van der Waals surface area contributed by atoms with E-state index in [1.54, 1.807) is 0 Å². The highest BCUT2D eigenvalue weighted by molar-refractivity contribution is 5.83. The molecule has 0 saturated heterocycles. The molecule has 0 fully saturated rings. The first-order chi connectivity index (χ1) is 8.29. The van der Waals surface area contributed by atoms with Crippen molar-refractivity contribution < 1.29 is 0 Å². The van der Waals surface area contributed by atoms with Crippen molar-refractivity contribution >= 4 is 10.9 Å². The van der Waals surface area contributed by atoms with E-state index in [4.69, 9.17) is 0 Å². The second-order valence-corrected chi connectivity index (χ2v) is 4.81. The first kappa shape index (κ1) is 10.8. The van der Waals surface area contributed by atoms with E-state index in [2.05, 4.69) is 29.5 Å². The minimum atomic E-state index is 1.01. The lowest BCUT2D eigenvalue weighted by Crippen LogP contribution is -2.16. The first-order valence-electron chi connectivity index (χ1n) is 6.47. The maximum atomic E-state index is 4.60. The molecule has 0 bridgehead atoms. The Bertz CT molecular complexity index is 554. The average molecular weight is 229 g/mol. The molecule has 2 heterocycles. The molecule has 2 aromatic rings. The fourth-order valence-corrected chi connectivity index (χ4v) is 2.76. The molecule has 17 heavy (non-hydrogen) atoms. The number of fused-ring (bicyclic) bond motifs is 2. The van der Waals surface area contributed by atoms with Crippen molar-refractivity contribution in [1.29, 1.82) is 0 Å². The minimum absolute atomic E-state index is 1.01. The van der Waals surface area contributed by atoms with Gasteiger partial charge in [0.15, 0.2) is 0 Å². The van der Waals surface area contributed by atoms with Gasteiger partial charge in [-0.05, 0) is 55.6 Å². The van der Waals surface area contributed by atoms with Crippen molar-refractivity contribution in [3.63, 3.8) is 0 Å². The molecule has 1 aliphatic rings. The topological polar surface area (TPSA) is 29.9 Å². The molecule has 0 aliphatic carbocycles. The van der Waals surface area contributed by atoms with Crippen LogP contribution < -0.4 is 5.32 Å². The van der Waals surface area contributed by atoms with Gasteiger partial charge in [-0.3, -0.25) is 4.68 Å². The normalized spacial score (nSPS) is 15.9. The highest BCUT2D eigenvalue weighted by atomic mass is 15.3. The van der Waals surface area contributed by atoms with E-state index >= 15 is 0 Å². The molecule has 0 unspecified atom stereocenters. The first-order valence-corrected chi connectivity index (χ1v) is 6.47. The van der Waals surface area contributed by atoms with Gasteiger partial charge in [-0.1, -0.05) is 6.92 Å². The minimum Gasteiger partial charge on any atom is -0.316 e. The summed E-state index contributed by atoms with van der Waals surface area (Å²) < 4.78 is 2.02. The van der Waals surface area contributed by atoms with Gasteiger partial charge in [0.25, 0.3) is 0 Å². The van der Waals surface area contributed by atoms with Crippen molar-refractivity contribution in [2.75, 3.05) is 13.1 Å². The number of hydrogen-bond acceptors (Lipinski definition) is 2. The highest BCUT2D eigenvalue weighted by Gasteiger charge is 2.13. The Morgan fingerprint density at radius 1 is 1.24 bits per heavy atom. The van der Waals surface area contributed by atoms with Crippen LogP contribution in [0.3, 0.4) is 0 Å². The Morgan fingerprint density at radius 2 is 1.94 bits per heavy atom. The third-order valence-corrected chi connectivity index (χ3v) is 3.73. The Balaban J connectivity index is 2.23. The quantitative estimate of drug-likeness (QED) is 0.808. The van der Waals surface area contributed by atoms with E-state index < -0.39 is 0 Å². The largest absolute Gasteiger partial charge is 0.316 e. The molecule has 0 saturated carbocycles. The number of rotatable bonds is 1. The van der Waals surface area contributed by atoms with Crippen LogP contribution in [-0.4, -0.2) is 22.9 Å². The average Bonchev–Trinajstić information content (AvgIpc) is 2.53. The van der Waals surface area contributed by atoms with Crippen LogP contribution in [0.15, 0.2) is 12.1 Å². The van der Waals surface area contributed by atoms with Crippen LogP contribution in [0.4, 0.5) is 0 Å². The smallest absolute Gasteiger partial charge is 0.0700 e. The molecule has 0 spiro atoms.